The van der Waals surface area contributed by atoms with Crippen molar-refractivity contribution in [1.82, 2.24) is 4.31 Å². The van der Waals surface area contributed by atoms with Gasteiger partial charge in [0.1, 0.15) is 5.76 Å². The predicted octanol–water partition coefficient (Wildman–Crippen LogP) is 3.09. The van der Waals surface area contributed by atoms with Crippen molar-refractivity contribution in [2.24, 2.45) is 0 Å². The molecule has 142 valence electrons. The zero-order valence-electron chi connectivity index (χ0n) is 13.8. The van der Waals surface area contributed by atoms with Gasteiger partial charge in [0.25, 0.3) is 0 Å². The van der Waals surface area contributed by atoms with Crippen LogP contribution in [0.5, 0.6) is 0 Å². The van der Waals surface area contributed by atoms with E-state index in [4.69, 9.17) is 4.42 Å². The molecule has 0 spiro atoms. The van der Waals surface area contributed by atoms with Crippen LogP contribution in [0.1, 0.15) is 17.7 Å². The highest BCUT2D eigenvalue weighted by Crippen LogP contribution is 2.29. The van der Waals surface area contributed by atoms with Crippen LogP contribution in [0.4, 0.5) is 18.9 Å². The molecule has 1 amide bonds. The van der Waals surface area contributed by atoms with E-state index in [1.54, 1.807) is 12.1 Å². The van der Waals surface area contributed by atoms with Crippen molar-refractivity contribution < 1.29 is 30.8 Å². The van der Waals surface area contributed by atoms with Crippen LogP contribution in [0.2, 0.25) is 0 Å². The average molecular weight is 390 g/mol. The number of alkyl halides is 3. The number of anilines is 1. The molecule has 1 N–H and O–H groups in total. The van der Waals surface area contributed by atoms with Gasteiger partial charge in [0.05, 0.1) is 24.6 Å². The van der Waals surface area contributed by atoms with Gasteiger partial charge in [-0.1, -0.05) is 0 Å². The standard InChI is InChI=1S/C16H17F3N2O4S/c1-26(23,24)21(11-14-3-2-10-25-14)9-8-15(22)20-13-6-4-12(5-7-13)16(17,18)19/h2-7,10H,8-9,11H2,1H3,(H,20,22). The Morgan fingerprint density at radius 1 is 1.19 bits per heavy atom. The molecule has 0 bridgehead atoms. The number of carbonyl (C=O) groups is 1. The van der Waals surface area contributed by atoms with Gasteiger partial charge < -0.3 is 9.73 Å². The van der Waals surface area contributed by atoms with Crippen molar-refractivity contribution in [3.05, 3.63) is 54.0 Å². The number of carbonyl (C=O) groups excluding carboxylic acids is 1. The number of rotatable bonds is 7. The largest absolute Gasteiger partial charge is 0.468 e. The Labute approximate surface area is 148 Å². The molecule has 0 aliphatic rings. The van der Waals surface area contributed by atoms with Crippen molar-refractivity contribution >= 4 is 21.6 Å². The van der Waals surface area contributed by atoms with Crippen LogP contribution >= 0.6 is 0 Å². The molecule has 0 aliphatic carbocycles. The quantitative estimate of drug-likeness (QED) is 0.788. The lowest BCUT2D eigenvalue weighted by atomic mass is 10.2. The molecule has 0 aliphatic heterocycles. The molecule has 0 saturated heterocycles. The number of nitrogens with zero attached hydrogens (tertiary/aromatic N) is 1. The molecule has 0 unspecified atom stereocenters. The topological polar surface area (TPSA) is 79.6 Å². The third-order valence-electron chi connectivity index (χ3n) is 3.47. The van der Waals surface area contributed by atoms with Crippen LogP contribution in [0.25, 0.3) is 0 Å². The number of amides is 1. The van der Waals surface area contributed by atoms with E-state index >= 15 is 0 Å². The summed E-state index contributed by atoms with van der Waals surface area (Å²) in [7, 11) is -3.56. The summed E-state index contributed by atoms with van der Waals surface area (Å²) < 4.78 is 67.3. The molecule has 6 nitrogen and oxygen atoms in total. The molecule has 1 heterocycles. The predicted molar refractivity (Wildman–Crippen MR) is 88.7 cm³/mol. The average Bonchev–Trinajstić information content (AvgIpc) is 3.03. The van der Waals surface area contributed by atoms with Crippen molar-refractivity contribution in [3.63, 3.8) is 0 Å². The van der Waals surface area contributed by atoms with E-state index in [0.717, 1.165) is 34.8 Å². The Morgan fingerprint density at radius 2 is 1.85 bits per heavy atom. The molecule has 0 saturated carbocycles. The summed E-state index contributed by atoms with van der Waals surface area (Å²) in [5, 5.41) is 2.44. The smallest absolute Gasteiger partial charge is 0.416 e. The zero-order chi connectivity index (χ0) is 19.4. The minimum Gasteiger partial charge on any atom is -0.468 e. The fourth-order valence-corrected chi connectivity index (χ4v) is 2.92. The molecule has 1 aromatic carbocycles. The van der Waals surface area contributed by atoms with Gasteiger partial charge in [-0.15, -0.1) is 0 Å². The van der Waals surface area contributed by atoms with Crippen molar-refractivity contribution in [2.75, 3.05) is 18.1 Å². The highest BCUT2D eigenvalue weighted by molar-refractivity contribution is 7.88. The summed E-state index contributed by atoms with van der Waals surface area (Å²) in [6.07, 6.45) is -2.18. The van der Waals surface area contributed by atoms with Crippen LogP contribution in [0, 0.1) is 0 Å². The maximum absolute atomic E-state index is 12.5. The lowest BCUT2D eigenvalue weighted by Crippen LogP contribution is -2.32. The van der Waals surface area contributed by atoms with Crippen molar-refractivity contribution in [1.29, 1.82) is 0 Å². The number of hydrogen-bond donors (Lipinski definition) is 1. The summed E-state index contributed by atoms with van der Waals surface area (Å²) in [5.74, 6) is -0.0866. The maximum Gasteiger partial charge on any atom is 0.416 e. The van der Waals surface area contributed by atoms with Crippen molar-refractivity contribution in [3.8, 4) is 0 Å². The first-order chi connectivity index (χ1) is 12.1. The Morgan fingerprint density at radius 3 is 2.35 bits per heavy atom. The van der Waals surface area contributed by atoms with E-state index in [-0.39, 0.29) is 25.2 Å². The summed E-state index contributed by atoms with van der Waals surface area (Å²) in [4.78, 5) is 11.9. The van der Waals surface area contributed by atoms with Gasteiger partial charge in [0.2, 0.25) is 15.9 Å². The second kappa shape index (κ2) is 7.92. The van der Waals surface area contributed by atoms with Gasteiger partial charge in [-0.25, -0.2) is 8.42 Å². The lowest BCUT2D eigenvalue weighted by molar-refractivity contribution is -0.137. The fourth-order valence-electron chi connectivity index (χ4n) is 2.13. The normalized spacial score (nSPS) is 12.3. The summed E-state index contributed by atoms with van der Waals surface area (Å²) in [6.45, 7) is -0.106. The van der Waals surface area contributed by atoms with Gasteiger partial charge in [-0.2, -0.15) is 17.5 Å². The maximum atomic E-state index is 12.5. The number of furan rings is 1. The van der Waals surface area contributed by atoms with Crippen LogP contribution in [-0.4, -0.2) is 31.4 Å². The Hall–Kier alpha value is -2.33. The zero-order valence-corrected chi connectivity index (χ0v) is 14.6. The minimum atomic E-state index is -4.45. The summed E-state index contributed by atoms with van der Waals surface area (Å²) in [6, 6.07) is 7.22. The van der Waals surface area contributed by atoms with E-state index in [2.05, 4.69) is 5.32 Å². The molecular weight excluding hydrogens is 373 g/mol. The molecule has 2 rings (SSSR count). The highest BCUT2D eigenvalue weighted by Gasteiger charge is 2.30. The Balaban J connectivity index is 1.93. The van der Waals surface area contributed by atoms with Crippen LogP contribution in [-0.2, 0) is 27.5 Å². The number of halogens is 3. The molecule has 2 aromatic rings. The number of sulfonamides is 1. The third kappa shape index (κ3) is 5.88. The monoisotopic (exact) mass is 390 g/mol. The first-order valence-electron chi connectivity index (χ1n) is 7.50. The van der Waals surface area contributed by atoms with E-state index < -0.39 is 27.7 Å². The summed E-state index contributed by atoms with van der Waals surface area (Å²) >= 11 is 0. The van der Waals surface area contributed by atoms with E-state index in [9.17, 15) is 26.4 Å². The second-order valence-corrected chi connectivity index (χ2v) is 7.53. The molecule has 26 heavy (non-hydrogen) atoms. The van der Waals surface area contributed by atoms with Gasteiger partial charge in [-0.05, 0) is 36.4 Å². The number of benzene rings is 1. The fraction of sp³-hybridized carbons (Fsp3) is 0.312. The highest BCUT2D eigenvalue weighted by atomic mass is 32.2. The lowest BCUT2D eigenvalue weighted by Gasteiger charge is -2.18. The van der Waals surface area contributed by atoms with E-state index in [0.29, 0.717) is 5.76 Å². The van der Waals surface area contributed by atoms with Crippen LogP contribution < -0.4 is 5.32 Å². The number of hydrogen-bond acceptors (Lipinski definition) is 4. The number of nitrogens with one attached hydrogen (secondary N) is 1. The third-order valence-corrected chi connectivity index (χ3v) is 4.72. The molecule has 10 heteroatoms. The first-order valence-corrected chi connectivity index (χ1v) is 9.35. The van der Waals surface area contributed by atoms with Gasteiger partial charge >= 0.3 is 6.18 Å². The minimum absolute atomic E-state index is 0.0145. The SMILES string of the molecule is CS(=O)(=O)N(CCC(=O)Nc1ccc(C(F)(F)F)cc1)Cc1ccco1. The van der Waals surface area contributed by atoms with Crippen LogP contribution in [0.15, 0.2) is 47.1 Å². The molecule has 0 radical (unpaired) electrons. The van der Waals surface area contributed by atoms with E-state index in [1.807, 2.05) is 0 Å². The van der Waals surface area contributed by atoms with Crippen molar-refractivity contribution in [2.45, 2.75) is 19.1 Å². The van der Waals surface area contributed by atoms with Gasteiger partial charge in [0.15, 0.2) is 0 Å². The van der Waals surface area contributed by atoms with Gasteiger partial charge in [0, 0.05) is 18.7 Å². The molecule has 0 atom stereocenters. The summed E-state index contributed by atoms with van der Waals surface area (Å²) in [5.41, 5.74) is -0.628. The Bertz CT molecular complexity index is 831. The molecular formula is C16H17F3N2O4S. The second-order valence-electron chi connectivity index (χ2n) is 5.55. The van der Waals surface area contributed by atoms with Gasteiger partial charge in [-0.3, -0.25) is 4.79 Å². The van der Waals surface area contributed by atoms with Crippen LogP contribution in [0.3, 0.4) is 0 Å². The molecule has 1 aromatic heterocycles. The van der Waals surface area contributed by atoms with E-state index in [1.165, 1.54) is 6.26 Å². The molecule has 0 fully saturated rings. The first kappa shape index (κ1) is 20.0. The Kier molecular flexibility index (Phi) is 6.09.